The number of carbonyl (C=O) groups excluding carboxylic acids is 1. The molecule has 2 aliphatic rings. The second kappa shape index (κ2) is 5.68. The molecule has 0 aromatic heterocycles. The zero-order valence-electron chi connectivity index (χ0n) is 12.9. The van der Waals surface area contributed by atoms with E-state index < -0.39 is 0 Å². The van der Waals surface area contributed by atoms with Crippen LogP contribution >= 0.6 is 0 Å². The maximum absolute atomic E-state index is 12.4. The molecule has 0 bridgehead atoms. The molecule has 114 valence electrons. The number of fused-ring (bicyclic) bond motifs is 1. The summed E-state index contributed by atoms with van der Waals surface area (Å²) < 4.78 is 10.6. The molecule has 1 saturated heterocycles. The highest BCUT2D eigenvalue weighted by atomic mass is 16.7. The Hall–Kier alpha value is -1.55. The van der Waals surface area contributed by atoms with E-state index in [4.69, 9.17) is 9.47 Å². The number of likely N-dealkylation sites (tertiary alicyclic amines) is 1. The summed E-state index contributed by atoms with van der Waals surface area (Å²) in [6, 6.07) is 5.45. The van der Waals surface area contributed by atoms with Crippen LogP contribution < -0.4 is 9.47 Å². The average Bonchev–Trinajstić information content (AvgIpc) is 2.97. The Morgan fingerprint density at radius 2 is 1.95 bits per heavy atom. The second-order valence-corrected chi connectivity index (χ2v) is 6.43. The van der Waals surface area contributed by atoms with Crippen LogP contribution in [0.3, 0.4) is 0 Å². The monoisotopic (exact) mass is 289 g/mol. The fraction of sp³-hybridized carbons (Fsp3) is 0.588. The zero-order chi connectivity index (χ0) is 14.9. The second-order valence-electron chi connectivity index (χ2n) is 6.43. The van der Waals surface area contributed by atoms with Crippen LogP contribution in [0, 0.1) is 5.41 Å². The van der Waals surface area contributed by atoms with Crippen molar-refractivity contribution in [1.29, 1.82) is 0 Å². The Kier molecular flexibility index (Phi) is 3.89. The van der Waals surface area contributed by atoms with Crippen molar-refractivity contribution in [2.24, 2.45) is 5.41 Å². The van der Waals surface area contributed by atoms with E-state index in [1.165, 1.54) is 19.3 Å². The maximum Gasteiger partial charge on any atom is 0.231 e. The summed E-state index contributed by atoms with van der Waals surface area (Å²) in [6.07, 6.45) is 3.58. The molecular weight excluding hydrogens is 266 g/mol. The van der Waals surface area contributed by atoms with E-state index in [9.17, 15) is 4.79 Å². The molecule has 4 nitrogen and oxygen atoms in total. The molecule has 4 heteroatoms. The summed E-state index contributed by atoms with van der Waals surface area (Å²) in [5.41, 5.74) is 1.17. The largest absolute Gasteiger partial charge is 0.454 e. The van der Waals surface area contributed by atoms with Crippen molar-refractivity contribution >= 4 is 5.78 Å². The molecule has 1 aromatic carbocycles. The molecule has 2 aliphatic heterocycles. The first-order valence-corrected chi connectivity index (χ1v) is 7.75. The third kappa shape index (κ3) is 3.05. The van der Waals surface area contributed by atoms with Gasteiger partial charge in [-0.3, -0.25) is 9.69 Å². The van der Waals surface area contributed by atoms with Crippen LogP contribution in [-0.4, -0.2) is 37.1 Å². The lowest BCUT2D eigenvalue weighted by molar-refractivity contribution is 0.0812. The molecule has 0 radical (unpaired) electrons. The van der Waals surface area contributed by atoms with Gasteiger partial charge in [-0.2, -0.15) is 0 Å². The number of Topliss-reactive ketones (excluding diaryl/α,β-unsaturated/α-hetero) is 1. The minimum atomic E-state index is 0.161. The predicted molar refractivity (Wildman–Crippen MR) is 81.0 cm³/mol. The van der Waals surface area contributed by atoms with Gasteiger partial charge < -0.3 is 9.47 Å². The van der Waals surface area contributed by atoms with E-state index in [-0.39, 0.29) is 12.6 Å². The number of ether oxygens (including phenoxy) is 2. The maximum atomic E-state index is 12.4. The lowest BCUT2D eigenvalue weighted by atomic mass is 9.78. The molecular formula is C17H23NO3. The molecule has 0 unspecified atom stereocenters. The van der Waals surface area contributed by atoms with Crippen LogP contribution in [0.4, 0.5) is 0 Å². The van der Waals surface area contributed by atoms with Gasteiger partial charge in [0, 0.05) is 5.56 Å². The lowest BCUT2D eigenvalue weighted by Gasteiger charge is -2.38. The minimum absolute atomic E-state index is 0.161. The summed E-state index contributed by atoms with van der Waals surface area (Å²) >= 11 is 0. The minimum Gasteiger partial charge on any atom is -0.454 e. The summed E-state index contributed by atoms with van der Waals surface area (Å²) in [7, 11) is 0. The third-order valence-electron chi connectivity index (χ3n) is 4.98. The molecule has 0 aliphatic carbocycles. The Morgan fingerprint density at radius 3 is 2.67 bits per heavy atom. The molecule has 0 N–H and O–H groups in total. The number of nitrogens with zero attached hydrogens (tertiary/aromatic N) is 1. The highest BCUT2D eigenvalue weighted by Gasteiger charge is 2.29. The summed E-state index contributed by atoms with van der Waals surface area (Å²) in [4.78, 5) is 14.7. The molecule has 1 fully saturated rings. The Labute approximate surface area is 126 Å². The molecule has 1 aromatic rings. The number of hydrogen-bond donors (Lipinski definition) is 0. The lowest BCUT2D eigenvalue weighted by Crippen LogP contribution is -2.40. The van der Waals surface area contributed by atoms with E-state index >= 15 is 0 Å². The fourth-order valence-corrected chi connectivity index (χ4v) is 2.97. The van der Waals surface area contributed by atoms with Crippen molar-refractivity contribution < 1.29 is 14.3 Å². The SMILES string of the molecule is CCC1(C)CCN(CC(=O)c2ccc3c(c2)OCO3)CC1. The van der Waals surface area contributed by atoms with Crippen LogP contribution in [0.15, 0.2) is 18.2 Å². The van der Waals surface area contributed by atoms with Crippen molar-refractivity contribution in [2.75, 3.05) is 26.4 Å². The number of rotatable bonds is 4. The van der Waals surface area contributed by atoms with Crippen molar-refractivity contribution in [2.45, 2.75) is 33.1 Å². The van der Waals surface area contributed by atoms with Crippen LogP contribution in [0.2, 0.25) is 0 Å². The standard InChI is InChI=1S/C17H23NO3/c1-3-17(2)6-8-18(9-7-17)11-14(19)13-4-5-15-16(10-13)21-12-20-15/h4-5,10H,3,6-9,11-12H2,1-2H3. The first-order valence-electron chi connectivity index (χ1n) is 7.75. The van der Waals surface area contributed by atoms with E-state index in [1.54, 1.807) is 6.07 Å². The normalized spacial score (nSPS) is 20.5. The van der Waals surface area contributed by atoms with Gasteiger partial charge in [0.1, 0.15) is 0 Å². The Morgan fingerprint density at radius 1 is 1.24 bits per heavy atom. The van der Waals surface area contributed by atoms with E-state index in [1.807, 2.05) is 12.1 Å². The number of carbonyl (C=O) groups is 1. The third-order valence-corrected chi connectivity index (χ3v) is 4.98. The molecule has 0 amide bonds. The number of ketones is 1. The van der Waals surface area contributed by atoms with E-state index in [0.29, 0.717) is 23.3 Å². The molecule has 0 atom stereocenters. The number of benzene rings is 1. The summed E-state index contributed by atoms with van der Waals surface area (Å²) in [5, 5.41) is 0. The number of piperidine rings is 1. The quantitative estimate of drug-likeness (QED) is 0.798. The Bertz CT molecular complexity index is 533. The molecule has 21 heavy (non-hydrogen) atoms. The van der Waals surface area contributed by atoms with Gasteiger partial charge in [-0.05, 0) is 49.5 Å². The van der Waals surface area contributed by atoms with Gasteiger partial charge in [-0.1, -0.05) is 20.3 Å². The van der Waals surface area contributed by atoms with Gasteiger partial charge in [0.15, 0.2) is 17.3 Å². The predicted octanol–water partition coefficient (Wildman–Crippen LogP) is 3.11. The van der Waals surface area contributed by atoms with Gasteiger partial charge in [-0.15, -0.1) is 0 Å². The number of hydrogen-bond acceptors (Lipinski definition) is 4. The summed E-state index contributed by atoms with van der Waals surface area (Å²) in [5.74, 6) is 1.56. The van der Waals surface area contributed by atoms with Gasteiger partial charge in [0.2, 0.25) is 6.79 Å². The molecule has 3 rings (SSSR count). The van der Waals surface area contributed by atoms with E-state index in [0.717, 1.165) is 18.8 Å². The van der Waals surface area contributed by atoms with Crippen LogP contribution in [0.1, 0.15) is 43.5 Å². The van der Waals surface area contributed by atoms with Crippen LogP contribution in [0.25, 0.3) is 0 Å². The molecule has 0 saturated carbocycles. The smallest absolute Gasteiger partial charge is 0.231 e. The first-order chi connectivity index (χ1) is 10.1. The topological polar surface area (TPSA) is 38.8 Å². The van der Waals surface area contributed by atoms with Gasteiger partial charge in [-0.25, -0.2) is 0 Å². The average molecular weight is 289 g/mol. The van der Waals surface area contributed by atoms with Crippen molar-refractivity contribution in [3.05, 3.63) is 23.8 Å². The van der Waals surface area contributed by atoms with Crippen molar-refractivity contribution in [3.63, 3.8) is 0 Å². The van der Waals surface area contributed by atoms with Gasteiger partial charge in [0.05, 0.1) is 6.54 Å². The first kappa shape index (κ1) is 14.4. The molecule has 2 heterocycles. The fourth-order valence-electron chi connectivity index (χ4n) is 2.97. The Balaban J connectivity index is 1.60. The van der Waals surface area contributed by atoms with Crippen molar-refractivity contribution in [1.82, 2.24) is 4.90 Å². The highest BCUT2D eigenvalue weighted by molar-refractivity contribution is 5.98. The van der Waals surface area contributed by atoms with E-state index in [2.05, 4.69) is 18.7 Å². The van der Waals surface area contributed by atoms with Crippen molar-refractivity contribution in [3.8, 4) is 11.5 Å². The van der Waals surface area contributed by atoms with Crippen LogP contribution in [0.5, 0.6) is 11.5 Å². The van der Waals surface area contributed by atoms with Crippen LogP contribution in [-0.2, 0) is 0 Å². The van der Waals surface area contributed by atoms with Gasteiger partial charge in [0.25, 0.3) is 0 Å². The molecule has 0 spiro atoms. The summed E-state index contributed by atoms with van der Waals surface area (Å²) in [6.45, 7) is 7.38. The van der Waals surface area contributed by atoms with Gasteiger partial charge >= 0.3 is 0 Å². The highest BCUT2D eigenvalue weighted by Crippen LogP contribution is 2.35. The zero-order valence-corrected chi connectivity index (χ0v) is 12.9.